The summed E-state index contributed by atoms with van der Waals surface area (Å²) in [6.45, 7) is 0.503. The number of hydrogen-bond acceptors (Lipinski definition) is 4. The molecule has 0 aliphatic rings. The van der Waals surface area contributed by atoms with Gasteiger partial charge in [-0.3, -0.25) is 15.6 Å². The molecule has 4 N–H and O–H groups in total. The molecule has 0 spiro atoms. The number of benzene rings is 1. The maximum absolute atomic E-state index is 11.8. The molecule has 0 saturated carbocycles. The highest BCUT2D eigenvalue weighted by Crippen LogP contribution is 2.29. The van der Waals surface area contributed by atoms with Crippen LogP contribution in [0.2, 0.25) is 0 Å². The zero-order valence-electron chi connectivity index (χ0n) is 11.2. The van der Waals surface area contributed by atoms with Crippen molar-refractivity contribution < 1.29 is 9.90 Å². The summed E-state index contributed by atoms with van der Waals surface area (Å²) in [5, 5.41) is 12.0. The molecule has 1 rings (SSSR count). The molecule has 1 amide bonds. The Bertz CT molecular complexity index is 440. The number of rotatable bonds is 6. The number of carbonyl (C=O) groups is 1. The van der Waals surface area contributed by atoms with E-state index < -0.39 is 9.90 Å². The molecular formula is C12H17BrCl3N3O2. The van der Waals surface area contributed by atoms with Gasteiger partial charge in [0.2, 0.25) is 3.79 Å². The highest BCUT2D eigenvalue weighted by Gasteiger charge is 2.30. The molecular weight excluding hydrogens is 404 g/mol. The number of aliphatic hydroxyl groups excluding tert-OH is 1. The Morgan fingerprint density at radius 2 is 1.86 bits per heavy atom. The fourth-order valence-electron chi connectivity index (χ4n) is 1.37. The number of nitrogens with one attached hydrogen (secondary N) is 3. The zero-order chi connectivity index (χ0) is 15.2. The number of hydrogen-bond donors (Lipinski definition) is 4. The molecule has 0 aromatic heterocycles. The minimum absolute atomic E-state index is 0. The van der Waals surface area contributed by atoms with Crippen molar-refractivity contribution in [1.82, 2.24) is 16.2 Å². The van der Waals surface area contributed by atoms with Gasteiger partial charge in [0.1, 0.15) is 6.10 Å². The molecule has 21 heavy (non-hydrogen) atoms. The van der Waals surface area contributed by atoms with Crippen molar-refractivity contribution in [3.8, 4) is 0 Å². The number of carbonyl (C=O) groups excluding carboxylic acids is 1. The number of aliphatic hydroxyl groups is 1. The van der Waals surface area contributed by atoms with Crippen LogP contribution in [0, 0.1) is 0 Å². The molecule has 0 radical (unpaired) electrons. The Balaban J connectivity index is 0.00000400. The van der Waals surface area contributed by atoms with Crippen molar-refractivity contribution in [2.24, 2.45) is 0 Å². The maximum Gasteiger partial charge on any atom is 0.251 e. The number of alkyl halides is 3. The van der Waals surface area contributed by atoms with E-state index in [1.807, 2.05) is 12.1 Å². The Morgan fingerprint density at radius 3 is 2.33 bits per heavy atom. The van der Waals surface area contributed by atoms with E-state index in [1.54, 1.807) is 19.2 Å². The van der Waals surface area contributed by atoms with Gasteiger partial charge in [-0.1, -0.05) is 46.9 Å². The van der Waals surface area contributed by atoms with Crippen LogP contribution in [0.25, 0.3) is 0 Å². The van der Waals surface area contributed by atoms with Crippen LogP contribution in [-0.2, 0) is 6.54 Å². The summed E-state index contributed by atoms with van der Waals surface area (Å²) in [6, 6.07) is 7.02. The van der Waals surface area contributed by atoms with Crippen molar-refractivity contribution >= 4 is 57.7 Å². The summed E-state index contributed by atoms with van der Waals surface area (Å²) in [7, 11) is 1.78. The van der Waals surface area contributed by atoms with Crippen molar-refractivity contribution in [1.29, 1.82) is 0 Å². The van der Waals surface area contributed by atoms with E-state index in [0.29, 0.717) is 12.1 Å². The van der Waals surface area contributed by atoms with Crippen LogP contribution in [0.5, 0.6) is 0 Å². The second-order valence-electron chi connectivity index (χ2n) is 4.07. The quantitative estimate of drug-likeness (QED) is 0.419. The standard InChI is InChI=1S/C12H16Cl3N3O2.BrH/c1-16-18-6-8-2-4-9(5-3-8)11(20)17-7-10(19)12(13,14)15;/h2-5,10,16,18-19H,6-7H2,1H3,(H,17,20);1H. The maximum atomic E-state index is 11.8. The average Bonchev–Trinajstić information content (AvgIpc) is 2.41. The number of amides is 1. The van der Waals surface area contributed by atoms with Gasteiger partial charge in [0.05, 0.1) is 0 Å². The summed E-state index contributed by atoms with van der Waals surface area (Å²) < 4.78 is -1.82. The molecule has 1 aromatic carbocycles. The Kier molecular flexibility index (Phi) is 9.80. The average molecular weight is 422 g/mol. The van der Waals surface area contributed by atoms with Crippen molar-refractivity contribution in [3.05, 3.63) is 35.4 Å². The zero-order valence-corrected chi connectivity index (χ0v) is 15.2. The predicted octanol–water partition coefficient (Wildman–Crippen LogP) is 1.95. The van der Waals surface area contributed by atoms with Crippen LogP contribution in [0.3, 0.4) is 0 Å². The summed E-state index contributed by atoms with van der Waals surface area (Å²) in [5.74, 6) is -0.341. The van der Waals surface area contributed by atoms with Crippen molar-refractivity contribution in [2.75, 3.05) is 13.6 Å². The van der Waals surface area contributed by atoms with E-state index in [4.69, 9.17) is 34.8 Å². The van der Waals surface area contributed by atoms with E-state index in [2.05, 4.69) is 16.2 Å². The van der Waals surface area contributed by atoms with Crippen LogP contribution >= 0.6 is 51.8 Å². The van der Waals surface area contributed by atoms with Gasteiger partial charge < -0.3 is 10.4 Å². The molecule has 9 heteroatoms. The normalized spacial score (nSPS) is 12.4. The third-order valence-electron chi connectivity index (χ3n) is 2.52. The molecule has 0 aliphatic heterocycles. The van der Waals surface area contributed by atoms with Crippen molar-refractivity contribution in [2.45, 2.75) is 16.4 Å². The van der Waals surface area contributed by atoms with Gasteiger partial charge in [-0.05, 0) is 24.7 Å². The Labute approximate surface area is 149 Å². The van der Waals surface area contributed by atoms with Crippen LogP contribution in [-0.4, -0.2) is 34.5 Å². The molecule has 5 nitrogen and oxygen atoms in total. The Hall–Kier alpha value is -0.0800. The van der Waals surface area contributed by atoms with E-state index in [9.17, 15) is 9.90 Å². The SMILES string of the molecule is Br.CNNCc1ccc(C(=O)NCC(O)C(Cl)(Cl)Cl)cc1. The van der Waals surface area contributed by atoms with Crippen LogP contribution in [0.1, 0.15) is 15.9 Å². The molecule has 0 aliphatic carbocycles. The van der Waals surface area contributed by atoms with E-state index in [-0.39, 0.29) is 29.4 Å². The first-order valence-corrected chi connectivity index (χ1v) is 6.99. The monoisotopic (exact) mass is 419 g/mol. The van der Waals surface area contributed by atoms with E-state index >= 15 is 0 Å². The van der Waals surface area contributed by atoms with Gasteiger partial charge in [-0.2, -0.15) is 0 Å². The first-order chi connectivity index (χ1) is 9.34. The summed E-state index contributed by atoms with van der Waals surface area (Å²) in [4.78, 5) is 11.8. The number of hydrazine groups is 1. The molecule has 0 fully saturated rings. The smallest absolute Gasteiger partial charge is 0.251 e. The van der Waals surface area contributed by atoms with Crippen LogP contribution in [0.4, 0.5) is 0 Å². The fraction of sp³-hybridized carbons (Fsp3) is 0.417. The largest absolute Gasteiger partial charge is 0.387 e. The predicted molar refractivity (Wildman–Crippen MR) is 91.3 cm³/mol. The van der Waals surface area contributed by atoms with Crippen molar-refractivity contribution in [3.63, 3.8) is 0 Å². The topological polar surface area (TPSA) is 73.4 Å². The lowest BCUT2D eigenvalue weighted by molar-refractivity contribution is 0.0918. The fourth-order valence-corrected chi connectivity index (χ4v) is 1.60. The minimum atomic E-state index is -1.82. The van der Waals surface area contributed by atoms with Gasteiger partial charge >= 0.3 is 0 Å². The molecule has 1 atom stereocenters. The van der Waals surface area contributed by atoms with Gasteiger partial charge in [-0.15, -0.1) is 17.0 Å². The second kappa shape index (κ2) is 9.84. The van der Waals surface area contributed by atoms with Gasteiger partial charge in [0.25, 0.3) is 5.91 Å². The van der Waals surface area contributed by atoms with E-state index in [0.717, 1.165) is 5.56 Å². The molecule has 0 saturated heterocycles. The molecule has 1 aromatic rings. The summed E-state index contributed by atoms with van der Waals surface area (Å²) in [6.07, 6.45) is -1.27. The second-order valence-corrected chi connectivity index (χ2v) is 6.44. The van der Waals surface area contributed by atoms with Gasteiger partial charge in [-0.25, -0.2) is 0 Å². The number of halogens is 4. The summed E-state index contributed by atoms with van der Waals surface area (Å²) >= 11 is 16.5. The summed E-state index contributed by atoms with van der Waals surface area (Å²) in [5.41, 5.74) is 7.24. The molecule has 1 unspecified atom stereocenters. The van der Waals surface area contributed by atoms with E-state index in [1.165, 1.54) is 0 Å². The van der Waals surface area contributed by atoms with Gasteiger partial charge in [0.15, 0.2) is 0 Å². The lowest BCUT2D eigenvalue weighted by Crippen LogP contribution is -2.39. The first-order valence-electron chi connectivity index (χ1n) is 5.86. The molecule has 120 valence electrons. The van der Waals surface area contributed by atoms with Crippen LogP contribution < -0.4 is 16.2 Å². The molecule has 0 heterocycles. The highest BCUT2D eigenvalue weighted by atomic mass is 79.9. The van der Waals surface area contributed by atoms with Crippen LogP contribution in [0.15, 0.2) is 24.3 Å². The lowest BCUT2D eigenvalue weighted by atomic mass is 10.1. The third kappa shape index (κ3) is 7.65. The third-order valence-corrected chi connectivity index (χ3v) is 3.27. The lowest BCUT2D eigenvalue weighted by Gasteiger charge is -2.19. The first kappa shape index (κ1) is 20.9. The minimum Gasteiger partial charge on any atom is -0.387 e. The highest BCUT2D eigenvalue weighted by molar-refractivity contribution is 8.93. The van der Waals surface area contributed by atoms with Gasteiger partial charge in [0, 0.05) is 18.7 Å². The Morgan fingerprint density at radius 1 is 1.29 bits per heavy atom. The molecule has 0 bridgehead atoms.